The van der Waals surface area contributed by atoms with Crippen LogP contribution in [0.1, 0.15) is 13.3 Å². The maximum Gasteiger partial charge on any atom is 0.265 e. The van der Waals surface area contributed by atoms with E-state index < -0.39 is 9.84 Å². The summed E-state index contributed by atoms with van der Waals surface area (Å²) in [6.07, 6.45) is 0.409. The Morgan fingerprint density at radius 1 is 1.40 bits per heavy atom. The number of carbonyl (C=O) groups excluding carboxylic acids is 1. The SMILES string of the molecule is CCN1C(=O)COc2ccc(S(=O)(=O)CCCN)cc21. The normalized spacial score (nSPS) is 14.9. The van der Waals surface area contributed by atoms with Crippen LogP contribution in [-0.4, -0.2) is 39.8 Å². The molecule has 1 aromatic rings. The molecule has 0 atom stereocenters. The zero-order chi connectivity index (χ0) is 14.8. The van der Waals surface area contributed by atoms with Crippen molar-refractivity contribution in [3.05, 3.63) is 18.2 Å². The first-order chi connectivity index (χ1) is 9.49. The van der Waals surface area contributed by atoms with Crippen LogP contribution >= 0.6 is 0 Å². The Hall–Kier alpha value is -1.60. The highest BCUT2D eigenvalue weighted by atomic mass is 32.2. The molecule has 0 saturated heterocycles. The van der Waals surface area contributed by atoms with Gasteiger partial charge >= 0.3 is 0 Å². The van der Waals surface area contributed by atoms with Gasteiger partial charge in [0.2, 0.25) is 0 Å². The summed E-state index contributed by atoms with van der Waals surface area (Å²) in [5.41, 5.74) is 5.86. The smallest absolute Gasteiger partial charge is 0.265 e. The number of hydrogen-bond donors (Lipinski definition) is 1. The van der Waals surface area contributed by atoms with Crippen LogP contribution in [-0.2, 0) is 14.6 Å². The van der Waals surface area contributed by atoms with E-state index in [0.717, 1.165) is 0 Å². The Morgan fingerprint density at radius 2 is 2.15 bits per heavy atom. The van der Waals surface area contributed by atoms with E-state index in [1.165, 1.54) is 17.0 Å². The molecular weight excluding hydrogens is 280 g/mol. The van der Waals surface area contributed by atoms with Gasteiger partial charge in [-0.25, -0.2) is 8.42 Å². The van der Waals surface area contributed by atoms with E-state index >= 15 is 0 Å². The van der Waals surface area contributed by atoms with Crippen LogP contribution in [0.4, 0.5) is 5.69 Å². The van der Waals surface area contributed by atoms with Crippen molar-refractivity contribution in [2.24, 2.45) is 5.73 Å². The molecule has 0 bridgehead atoms. The Balaban J connectivity index is 2.40. The average molecular weight is 298 g/mol. The molecular formula is C13H18N2O4S. The number of benzene rings is 1. The van der Waals surface area contributed by atoms with Crippen molar-refractivity contribution in [3.8, 4) is 5.75 Å². The molecule has 1 aromatic carbocycles. The van der Waals surface area contributed by atoms with E-state index in [1.54, 1.807) is 6.07 Å². The molecule has 1 aliphatic rings. The molecule has 1 amide bonds. The number of likely N-dealkylation sites (N-methyl/N-ethyl adjacent to an activating group) is 1. The topological polar surface area (TPSA) is 89.7 Å². The lowest BCUT2D eigenvalue weighted by Crippen LogP contribution is -2.38. The summed E-state index contributed by atoms with van der Waals surface area (Å²) in [4.78, 5) is 13.5. The Morgan fingerprint density at radius 3 is 2.80 bits per heavy atom. The van der Waals surface area contributed by atoms with Gasteiger partial charge < -0.3 is 15.4 Å². The third-order valence-electron chi connectivity index (χ3n) is 3.17. The van der Waals surface area contributed by atoms with Gasteiger partial charge in [-0.05, 0) is 38.1 Å². The lowest BCUT2D eigenvalue weighted by molar-refractivity contribution is -0.121. The minimum absolute atomic E-state index is 0.00319. The molecule has 2 rings (SSSR count). The summed E-state index contributed by atoms with van der Waals surface area (Å²) in [5.74, 6) is 0.365. The first-order valence-electron chi connectivity index (χ1n) is 6.49. The highest BCUT2D eigenvalue weighted by Crippen LogP contribution is 2.34. The molecule has 0 fully saturated rings. The number of ether oxygens (including phenoxy) is 1. The van der Waals surface area contributed by atoms with Crippen molar-refractivity contribution < 1.29 is 17.9 Å². The van der Waals surface area contributed by atoms with Crippen LogP contribution < -0.4 is 15.4 Å². The molecule has 6 nitrogen and oxygen atoms in total. The van der Waals surface area contributed by atoms with Crippen molar-refractivity contribution in [2.45, 2.75) is 18.2 Å². The van der Waals surface area contributed by atoms with Crippen LogP contribution in [0.5, 0.6) is 5.75 Å². The lowest BCUT2D eigenvalue weighted by atomic mass is 10.2. The monoisotopic (exact) mass is 298 g/mol. The van der Waals surface area contributed by atoms with Gasteiger partial charge in [0.25, 0.3) is 5.91 Å². The van der Waals surface area contributed by atoms with Crippen LogP contribution in [0, 0.1) is 0 Å². The molecule has 0 aromatic heterocycles. The van der Waals surface area contributed by atoms with Gasteiger partial charge in [-0.1, -0.05) is 0 Å². The number of fused-ring (bicyclic) bond motifs is 1. The quantitative estimate of drug-likeness (QED) is 0.857. The summed E-state index contributed by atoms with van der Waals surface area (Å²) in [7, 11) is -3.38. The van der Waals surface area contributed by atoms with Gasteiger partial charge in [-0.15, -0.1) is 0 Å². The predicted octanol–water partition coefficient (Wildman–Crippen LogP) is 0.554. The first-order valence-corrected chi connectivity index (χ1v) is 8.15. The van der Waals surface area contributed by atoms with Crippen molar-refractivity contribution in [1.82, 2.24) is 0 Å². The number of sulfone groups is 1. The Bertz CT molecular complexity index is 613. The minimum atomic E-state index is -3.38. The largest absolute Gasteiger partial charge is 0.482 e. The van der Waals surface area contributed by atoms with Gasteiger partial charge in [0.15, 0.2) is 16.4 Å². The number of carbonyl (C=O) groups is 1. The van der Waals surface area contributed by atoms with Crippen LogP contribution in [0.25, 0.3) is 0 Å². The summed E-state index contributed by atoms with van der Waals surface area (Å²) in [5, 5.41) is 0. The predicted molar refractivity (Wildman–Crippen MR) is 75.7 cm³/mol. The Kier molecular flexibility index (Phi) is 4.29. The van der Waals surface area contributed by atoms with Crippen molar-refractivity contribution in [2.75, 3.05) is 30.3 Å². The fourth-order valence-electron chi connectivity index (χ4n) is 2.11. The van der Waals surface area contributed by atoms with E-state index in [9.17, 15) is 13.2 Å². The number of rotatable bonds is 5. The van der Waals surface area contributed by atoms with E-state index in [1.807, 2.05) is 6.92 Å². The molecule has 0 aliphatic carbocycles. The molecule has 20 heavy (non-hydrogen) atoms. The third-order valence-corrected chi connectivity index (χ3v) is 4.96. The van der Waals surface area contributed by atoms with Crippen molar-refractivity contribution in [3.63, 3.8) is 0 Å². The molecule has 7 heteroatoms. The zero-order valence-electron chi connectivity index (χ0n) is 11.3. The molecule has 1 heterocycles. The fourth-order valence-corrected chi connectivity index (χ4v) is 3.46. The highest BCUT2D eigenvalue weighted by molar-refractivity contribution is 7.91. The number of nitrogens with zero attached hydrogens (tertiary/aromatic N) is 1. The zero-order valence-corrected chi connectivity index (χ0v) is 12.1. The number of anilines is 1. The second-order valence-corrected chi connectivity index (χ2v) is 6.63. The molecule has 0 unspecified atom stereocenters. The van der Waals surface area contributed by atoms with Crippen LogP contribution in [0.15, 0.2) is 23.1 Å². The van der Waals surface area contributed by atoms with Gasteiger partial charge in [0, 0.05) is 6.54 Å². The van der Waals surface area contributed by atoms with E-state index in [-0.39, 0.29) is 23.2 Å². The maximum absolute atomic E-state index is 12.2. The molecule has 0 radical (unpaired) electrons. The maximum atomic E-state index is 12.2. The van der Waals surface area contributed by atoms with Gasteiger partial charge in [-0.2, -0.15) is 0 Å². The lowest BCUT2D eigenvalue weighted by Gasteiger charge is -2.28. The number of nitrogens with two attached hydrogens (primary N) is 1. The summed E-state index contributed by atoms with van der Waals surface area (Å²) >= 11 is 0. The van der Waals surface area contributed by atoms with E-state index in [2.05, 4.69) is 0 Å². The summed E-state index contributed by atoms with van der Waals surface area (Å²) in [6, 6.07) is 4.61. The van der Waals surface area contributed by atoms with Gasteiger partial charge in [0.05, 0.1) is 16.3 Å². The second kappa shape index (κ2) is 5.80. The molecule has 110 valence electrons. The molecule has 0 spiro atoms. The first kappa shape index (κ1) is 14.8. The molecule has 0 saturated carbocycles. The van der Waals surface area contributed by atoms with Crippen molar-refractivity contribution in [1.29, 1.82) is 0 Å². The minimum Gasteiger partial charge on any atom is -0.482 e. The summed E-state index contributed by atoms with van der Waals surface area (Å²) in [6.45, 7) is 2.62. The van der Waals surface area contributed by atoms with E-state index in [4.69, 9.17) is 10.5 Å². The van der Waals surface area contributed by atoms with Crippen molar-refractivity contribution >= 4 is 21.4 Å². The Labute approximate surface area is 118 Å². The van der Waals surface area contributed by atoms with Gasteiger partial charge in [-0.3, -0.25) is 4.79 Å². The third kappa shape index (κ3) is 2.78. The summed E-state index contributed by atoms with van der Waals surface area (Å²) < 4.78 is 29.6. The standard InChI is InChI=1S/C13H18N2O4S/c1-2-15-11-8-10(20(17,18)7-3-6-14)4-5-12(11)19-9-13(15)16/h4-5,8H,2-3,6-7,9,14H2,1H3. The van der Waals surface area contributed by atoms with Crippen LogP contribution in [0.3, 0.4) is 0 Å². The number of amides is 1. The fraction of sp³-hybridized carbons (Fsp3) is 0.462. The van der Waals surface area contributed by atoms with Crippen LogP contribution in [0.2, 0.25) is 0 Å². The molecule has 2 N–H and O–H groups in total. The second-order valence-electron chi connectivity index (χ2n) is 4.52. The number of hydrogen-bond acceptors (Lipinski definition) is 5. The average Bonchev–Trinajstić information content (AvgIpc) is 2.44. The van der Waals surface area contributed by atoms with Gasteiger partial charge in [0.1, 0.15) is 5.75 Å². The highest BCUT2D eigenvalue weighted by Gasteiger charge is 2.26. The molecule has 1 aliphatic heterocycles. The van der Waals surface area contributed by atoms with E-state index in [0.29, 0.717) is 30.9 Å².